The minimum absolute atomic E-state index is 0.562. The van der Waals surface area contributed by atoms with Gasteiger partial charge in [0.2, 0.25) is 5.89 Å². The van der Waals surface area contributed by atoms with E-state index in [2.05, 4.69) is 20.4 Å². The summed E-state index contributed by atoms with van der Waals surface area (Å²) in [6.45, 7) is 1.99. The van der Waals surface area contributed by atoms with Gasteiger partial charge in [-0.1, -0.05) is 5.16 Å². The van der Waals surface area contributed by atoms with Crippen LogP contribution in [-0.4, -0.2) is 35.4 Å². The van der Waals surface area contributed by atoms with Crippen molar-refractivity contribution in [2.75, 3.05) is 20.3 Å². The molecule has 0 fully saturated rings. The largest absolute Gasteiger partial charge is 0.383 e. The first kappa shape index (κ1) is 12.7. The molecule has 0 aromatic carbocycles. The fraction of sp³-hybridized carbons (Fsp3) is 0.417. The minimum atomic E-state index is 0.562. The van der Waals surface area contributed by atoms with Crippen molar-refractivity contribution < 1.29 is 9.26 Å². The molecule has 0 amide bonds. The van der Waals surface area contributed by atoms with E-state index in [4.69, 9.17) is 9.26 Å². The summed E-state index contributed by atoms with van der Waals surface area (Å²) in [7, 11) is 1.67. The zero-order valence-electron chi connectivity index (χ0n) is 10.3. The van der Waals surface area contributed by atoms with Crippen molar-refractivity contribution in [1.82, 2.24) is 20.4 Å². The molecule has 0 spiro atoms. The Morgan fingerprint density at radius 2 is 2.17 bits per heavy atom. The van der Waals surface area contributed by atoms with Crippen LogP contribution in [0.3, 0.4) is 0 Å². The van der Waals surface area contributed by atoms with Crippen LogP contribution < -0.4 is 5.32 Å². The Kier molecular flexibility index (Phi) is 4.80. The summed E-state index contributed by atoms with van der Waals surface area (Å²) in [4.78, 5) is 8.27. The first-order valence-corrected chi connectivity index (χ1v) is 5.78. The monoisotopic (exact) mass is 248 g/mol. The molecule has 6 nitrogen and oxygen atoms in total. The molecule has 0 bridgehead atoms. The molecule has 6 heteroatoms. The molecule has 0 aliphatic heterocycles. The molecule has 18 heavy (non-hydrogen) atoms. The van der Waals surface area contributed by atoms with Gasteiger partial charge in [0, 0.05) is 32.5 Å². The standard InChI is InChI=1S/C12H16N4O2/c1-17-7-6-14-9-12-15-11(16-18-12)8-10-2-4-13-5-3-10/h2-5,14H,6-9H2,1H3. The van der Waals surface area contributed by atoms with Gasteiger partial charge in [0.15, 0.2) is 5.82 Å². The quantitative estimate of drug-likeness (QED) is 0.730. The van der Waals surface area contributed by atoms with Gasteiger partial charge in [-0.15, -0.1) is 0 Å². The fourth-order valence-electron chi connectivity index (χ4n) is 1.49. The Morgan fingerprint density at radius 3 is 2.94 bits per heavy atom. The molecule has 0 saturated heterocycles. The second-order valence-corrected chi connectivity index (χ2v) is 3.81. The van der Waals surface area contributed by atoms with Crippen LogP contribution in [0.4, 0.5) is 0 Å². The van der Waals surface area contributed by atoms with Crippen molar-refractivity contribution in [1.29, 1.82) is 0 Å². The first-order chi connectivity index (χ1) is 8.88. The smallest absolute Gasteiger partial charge is 0.240 e. The van der Waals surface area contributed by atoms with Crippen LogP contribution in [0, 0.1) is 0 Å². The SMILES string of the molecule is COCCNCc1nc(Cc2ccncc2)no1. The number of ether oxygens (including phenoxy) is 1. The molecule has 0 aliphatic rings. The van der Waals surface area contributed by atoms with E-state index in [-0.39, 0.29) is 0 Å². The van der Waals surface area contributed by atoms with Crippen LogP contribution in [0.1, 0.15) is 17.3 Å². The summed E-state index contributed by atoms with van der Waals surface area (Å²) < 4.78 is 10.1. The number of hydrogen-bond donors (Lipinski definition) is 1. The molecule has 2 aromatic heterocycles. The first-order valence-electron chi connectivity index (χ1n) is 5.78. The van der Waals surface area contributed by atoms with E-state index < -0.39 is 0 Å². The Morgan fingerprint density at radius 1 is 1.33 bits per heavy atom. The highest BCUT2D eigenvalue weighted by Crippen LogP contribution is 2.05. The van der Waals surface area contributed by atoms with Crippen molar-refractivity contribution in [3.05, 3.63) is 41.8 Å². The summed E-state index contributed by atoms with van der Waals surface area (Å²) in [5.74, 6) is 1.28. The lowest BCUT2D eigenvalue weighted by atomic mass is 10.2. The van der Waals surface area contributed by atoms with E-state index in [0.29, 0.717) is 31.3 Å². The maximum Gasteiger partial charge on any atom is 0.240 e. The molecular weight excluding hydrogens is 232 g/mol. The zero-order valence-corrected chi connectivity index (χ0v) is 10.3. The summed E-state index contributed by atoms with van der Waals surface area (Å²) >= 11 is 0. The molecule has 2 rings (SSSR count). The number of aromatic nitrogens is 3. The molecule has 2 heterocycles. The summed E-state index contributed by atoms with van der Waals surface area (Å²) in [6.07, 6.45) is 4.16. The number of nitrogens with one attached hydrogen (secondary N) is 1. The van der Waals surface area contributed by atoms with Crippen LogP contribution >= 0.6 is 0 Å². The Bertz CT molecular complexity index is 458. The van der Waals surface area contributed by atoms with Crippen LogP contribution in [0.25, 0.3) is 0 Å². The van der Waals surface area contributed by atoms with Crippen molar-refractivity contribution in [2.45, 2.75) is 13.0 Å². The van der Waals surface area contributed by atoms with Gasteiger partial charge >= 0.3 is 0 Å². The number of rotatable bonds is 7. The van der Waals surface area contributed by atoms with E-state index in [1.807, 2.05) is 12.1 Å². The van der Waals surface area contributed by atoms with Crippen molar-refractivity contribution in [3.8, 4) is 0 Å². The molecular formula is C12H16N4O2. The average Bonchev–Trinajstić information content (AvgIpc) is 2.84. The van der Waals surface area contributed by atoms with Gasteiger partial charge < -0.3 is 14.6 Å². The lowest BCUT2D eigenvalue weighted by Gasteiger charge is -1.98. The van der Waals surface area contributed by atoms with Crippen LogP contribution in [0.2, 0.25) is 0 Å². The highest BCUT2D eigenvalue weighted by atomic mass is 16.5. The molecule has 96 valence electrons. The van der Waals surface area contributed by atoms with Gasteiger partial charge in [-0.25, -0.2) is 0 Å². The zero-order chi connectivity index (χ0) is 12.6. The van der Waals surface area contributed by atoms with Gasteiger partial charge in [-0.3, -0.25) is 4.98 Å². The van der Waals surface area contributed by atoms with Crippen LogP contribution in [0.5, 0.6) is 0 Å². The Labute approximate surface area is 105 Å². The normalized spacial score (nSPS) is 10.7. The predicted molar refractivity (Wildman–Crippen MR) is 64.9 cm³/mol. The predicted octanol–water partition coefficient (Wildman–Crippen LogP) is 0.791. The maximum atomic E-state index is 5.14. The van der Waals surface area contributed by atoms with Gasteiger partial charge in [0.05, 0.1) is 13.2 Å². The van der Waals surface area contributed by atoms with E-state index >= 15 is 0 Å². The van der Waals surface area contributed by atoms with Gasteiger partial charge in [-0.2, -0.15) is 4.98 Å². The van der Waals surface area contributed by atoms with Gasteiger partial charge in [0.25, 0.3) is 0 Å². The van der Waals surface area contributed by atoms with E-state index in [1.54, 1.807) is 19.5 Å². The third-order valence-electron chi connectivity index (χ3n) is 2.38. The van der Waals surface area contributed by atoms with Gasteiger partial charge in [-0.05, 0) is 17.7 Å². The van der Waals surface area contributed by atoms with E-state index in [1.165, 1.54) is 0 Å². The third kappa shape index (κ3) is 3.90. The minimum Gasteiger partial charge on any atom is -0.383 e. The molecule has 1 N–H and O–H groups in total. The van der Waals surface area contributed by atoms with E-state index in [9.17, 15) is 0 Å². The molecule has 0 radical (unpaired) electrons. The molecule has 0 unspecified atom stereocenters. The summed E-state index contributed by atoms with van der Waals surface area (Å²) in [6, 6.07) is 3.87. The molecule has 0 saturated carbocycles. The Balaban J connectivity index is 1.83. The average molecular weight is 248 g/mol. The maximum absolute atomic E-state index is 5.14. The molecule has 2 aromatic rings. The lowest BCUT2D eigenvalue weighted by molar-refractivity contribution is 0.197. The van der Waals surface area contributed by atoms with Crippen molar-refractivity contribution in [2.24, 2.45) is 0 Å². The highest BCUT2D eigenvalue weighted by molar-refractivity contribution is 5.14. The molecule has 0 atom stereocenters. The topological polar surface area (TPSA) is 73.1 Å². The van der Waals surface area contributed by atoms with Crippen molar-refractivity contribution in [3.63, 3.8) is 0 Å². The van der Waals surface area contributed by atoms with Crippen LogP contribution in [0.15, 0.2) is 29.0 Å². The number of nitrogens with zero attached hydrogens (tertiary/aromatic N) is 3. The summed E-state index contributed by atoms with van der Waals surface area (Å²) in [5, 5.41) is 7.08. The van der Waals surface area contributed by atoms with Crippen LogP contribution in [-0.2, 0) is 17.7 Å². The molecule has 0 aliphatic carbocycles. The third-order valence-corrected chi connectivity index (χ3v) is 2.38. The highest BCUT2D eigenvalue weighted by Gasteiger charge is 2.06. The number of pyridine rings is 1. The van der Waals surface area contributed by atoms with Crippen molar-refractivity contribution >= 4 is 0 Å². The van der Waals surface area contributed by atoms with Gasteiger partial charge in [0.1, 0.15) is 0 Å². The lowest BCUT2D eigenvalue weighted by Crippen LogP contribution is -2.18. The second-order valence-electron chi connectivity index (χ2n) is 3.81. The summed E-state index contributed by atoms with van der Waals surface area (Å²) in [5.41, 5.74) is 1.12. The number of hydrogen-bond acceptors (Lipinski definition) is 6. The second kappa shape index (κ2) is 6.83. The number of methoxy groups -OCH3 is 1. The van der Waals surface area contributed by atoms with E-state index in [0.717, 1.165) is 12.1 Å². The fourth-order valence-corrected chi connectivity index (χ4v) is 1.49. The Hall–Kier alpha value is -1.79.